The van der Waals surface area contributed by atoms with E-state index in [0.29, 0.717) is 5.69 Å². The van der Waals surface area contributed by atoms with Crippen LogP contribution in [0, 0.1) is 13.8 Å². The van der Waals surface area contributed by atoms with E-state index in [0.717, 1.165) is 22.5 Å². The second kappa shape index (κ2) is 7.27. The third-order valence-electron chi connectivity index (χ3n) is 4.86. The first-order valence-corrected chi connectivity index (χ1v) is 9.27. The molecule has 2 heterocycles. The average molecular weight is 372 g/mol. The molecule has 5 nitrogen and oxygen atoms in total. The first-order valence-electron chi connectivity index (χ1n) is 9.27. The smallest absolute Gasteiger partial charge is 0.294 e. The van der Waals surface area contributed by atoms with Gasteiger partial charge >= 0.3 is 0 Å². The number of fused-ring (bicyclic) bond motifs is 1. The summed E-state index contributed by atoms with van der Waals surface area (Å²) >= 11 is 0. The number of amides is 2. The molecule has 0 bridgehead atoms. The number of carbonyl (C=O) groups is 2. The number of nitrogens with zero attached hydrogens (tertiary/aromatic N) is 2. The molecular weight excluding hydrogens is 350 g/mol. The third kappa shape index (κ3) is 3.39. The quantitative estimate of drug-likeness (QED) is 0.717. The zero-order chi connectivity index (χ0) is 19.7. The molecule has 1 unspecified atom stereocenters. The number of pyridine rings is 1. The Labute approximate surface area is 164 Å². The van der Waals surface area contributed by atoms with Crippen molar-refractivity contribution in [2.24, 2.45) is 0 Å². The SMILES string of the molecule is Cc1cc(C)cc(N2C(=O)C[n+]3ccccc3C2C(=O)Nc2ccccc2)c1. The Bertz CT molecular complexity index is 1030. The van der Waals surface area contributed by atoms with Crippen molar-refractivity contribution in [3.05, 3.63) is 89.7 Å². The predicted molar refractivity (Wildman–Crippen MR) is 108 cm³/mol. The Kier molecular flexibility index (Phi) is 4.65. The molecular formula is C23H22N3O2+. The molecule has 0 aliphatic carbocycles. The Morgan fingerprint density at radius 2 is 1.68 bits per heavy atom. The van der Waals surface area contributed by atoms with Crippen LogP contribution in [0.1, 0.15) is 22.9 Å². The molecule has 5 heteroatoms. The number of rotatable bonds is 3. The fourth-order valence-corrected chi connectivity index (χ4v) is 3.75. The normalized spacial score (nSPS) is 15.9. The van der Waals surface area contributed by atoms with Gasteiger partial charge in [0.15, 0.2) is 6.20 Å². The fraction of sp³-hybridized carbons (Fsp3) is 0.174. The van der Waals surface area contributed by atoms with Crippen LogP contribution in [-0.2, 0) is 16.1 Å². The van der Waals surface area contributed by atoms with E-state index in [1.54, 1.807) is 4.90 Å². The van der Waals surface area contributed by atoms with Crippen LogP contribution < -0.4 is 14.8 Å². The second-order valence-electron chi connectivity index (χ2n) is 7.12. The van der Waals surface area contributed by atoms with Gasteiger partial charge in [-0.3, -0.25) is 14.5 Å². The molecule has 1 atom stereocenters. The number of aryl methyl sites for hydroxylation is 2. The Morgan fingerprint density at radius 3 is 2.39 bits per heavy atom. The summed E-state index contributed by atoms with van der Waals surface area (Å²) < 4.78 is 1.84. The highest BCUT2D eigenvalue weighted by molar-refractivity contribution is 6.05. The number of hydrogen-bond donors (Lipinski definition) is 1. The van der Waals surface area contributed by atoms with Crippen LogP contribution in [0.15, 0.2) is 72.9 Å². The standard InChI is InChI=1S/C23H21N3O2/c1-16-12-17(2)14-19(13-16)26-21(27)15-25-11-7-6-10-20(25)22(26)23(28)24-18-8-4-3-5-9-18/h3-14,22H,15H2,1-2H3/p+1. The molecule has 0 radical (unpaired) electrons. The first kappa shape index (κ1) is 17.9. The van der Waals surface area contributed by atoms with Crippen LogP contribution >= 0.6 is 0 Å². The van der Waals surface area contributed by atoms with Crippen molar-refractivity contribution in [3.8, 4) is 0 Å². The molecule has 0 spiro atoms. The van der Waals surface area contributed by atoms with Gasteiger partial charge in [-0.1, -0.05) is 30.3 Å². The van der Waals surface area contributed by atoms with Crippen molar-refractivity contribution in [2.75, 3.05) is 10.2 Å². The molecule has 0 fully saturated rings. The van der Waals surface area contributed by atoms with Gasteiger partial charge in [0.25, 0.3) is 11.8 Å². The maximum absolute atomic E-state index is 13.3. The summed E-state index contributed by atoms with van der Waals surface area (Å²) in [7, 11) is 0. The molecule has 2 aromatic carbocycles. The number of nitrogens with one attached hydrogen (secondary N) is 1. The lowest BCUT2D eigenvalue weighted by Gasteiger charge is -2.32. The Hall–Kier alpha value is -3.47. The lowest BCUT2D eigenvalue weighted by Crippen LogP contribution is -2.58. The average Bonchev–Trinajstić information content (AvgIpc) is 2.66. The maximum Gasteiger partial charge on any atom is 0.294 e. The zero-order valence-corrected chi connectivity index (χ0v) is 15.9. The van der Waals surface area contributed by atoms with E-state index < -0.39 is 6.04 Å². The van der Waals surface area contributed by atoms with Gasteiger partial charge in [0.05, 0.1) is 0 Å². The minimum Gasteiger partial charge on any atom is -0.324 e. The predicted octanol–water partition coefficient (Wildman–Crippen LogP) is 3.32. The molecule has 1 aliphatic heterocycles. The van der Waals surface area contributed by atoms with Crippen molar-refractivity contribution in [2.45, 2.75) is 26.4 Å². The molecule has 0 saturated heterocycles. The van der Waals surface area contributed by atoms with Crippen LogP contribution in [0.2, 0.25) is 0 Å². The van der Waals surface area contributed by atoms with Gasteiger partial charge < -0.3 is 5.32 Å². The summed E-state index contributed by atoms with van der Waals surface area (Å²) in [5.74, 6) is -0.347. The third-order valence-corrected chi connectivity index (χ3v) is 4.86. The largest absolute Gasteiger partial charge is 0.324 e. The van der Waals surface area contributed by atoms with Gasteiger partial charge in [0.1, 0.15) is 0 Å². The summed E-state index contributed by atoms with van der Waals surface area (Å²) in [6, 6.07) is 20.2. The van der Waals surface area contributed by atoms with E-state index in [9.17, 15) is 9.59 Å². The van der Waals surface area contributed by atoms with E-state index in [1.807, 2.05) is 85.3 Å². The van der Waals surface area contributed by atoms with E-state index in [2.05, 4.69) is 11.4 Å². The number of para-hydroxylation sites is 1. The second-order valence-corrected chi connectivity index (χ2v) is 7.12. The summed E-state index contributed by atoms with van der Waals surface area (Å²) in [4.78, 5) is 28.0. The maximum atomic E-state index is 13.3. The Morgan fingerprint density at radius 1 is 1.00 bits per heavy atom. The van der Waals surface area contributed by atoms with Crippen LogP contribution in [0.3, 0.4) is 0 Å². The van der Waals surface area contributed by atoms with Crippen LogP contribution in [-0.4, -0.2) is 11.8 Å². The molecule has 1 aliphatic rings. The lowest BCUT2D eigenvalue weighted by atomic mass is 10.0. The number of carbonyl (C=O) groups excluding carboxylic acids is 2. The molecule has 2 amide bonds. The molecule has 1 N–H and O–H groups in total. The monoisotopic (exact) mass is 372 g/mol. The van der Waals surface area contributed by atoms with Gasteiger partial charge in [0.2, 0.25) is 18.3 Å². The molecule has 28 heavy (non-hydrogen) atoms. The van der Waals surface area contributed by atoms with Crippen LogP contribution in [0.25, 0.3) is 0 Å². The van der Waals surface area contributed by atoms with E-state index in [4.69, 9.17) is 0 Å². The molecule has 0 saturated carbocycles. The van der Waals surface area contributed by atoms with Crippen LogP contribution in [0.5, 0.6) is 0 Å². The number of benzene rings is 2. The van der Waals surface area contributed by atoms with E-state index >= 15 is 0 Å². The molecule has 3 aromatic rings. The topological polar surface area (TPSA) is 53.3 Å². The van der Waals surface area contributed by atoms with Crippen molar-refractivity contribution >= 4 is 23.2 Å². The minimum absolute atomic E-state index is 0.109. The lowest BCUT2D eigenvalue weighted by molar-refractivity contribution is -0.695. The summed E-state index contributed by atoms with van der Waals surface area (Å²) in [5.41, 5.74) is 4.34. The molecule has 1 aromatic heterocycles. The van der Waals surface area contributed by atoms with Crippen molar-refractivity contribution in [3.63, 3.8) is 0 Å². The van der Waals surface area contributed by atoms with Gasteiger partial charge in [-0.2, -0.15) is 4.57 Å². The van der Waals surface area contributed by atoms with Crippen molar-refractivity contribution in [1.82, 2.24) is 0 Å². The van der Waals surface area contributed by atoms with Gasteiger partial charge in [-0.05, 0) is 49.2 Å². The van der Waals surface area contributed by atoms with Gasteiger partial charge in [-0.25, -0.2) is 0 Å². The highest BCUT2D eigenvalue weighted by Crippen LogP contribution is 2.31. The van der Waals surface area contributed by atoms with Crippen LogP contribution in [0.4, 0.5) is 11.4 Å². The number of aromatic nitrogens is 1. The highest BCUT2D eigenvalue weighted by Gasteiger charge is 2.43. The first-order chi connectivity index (χ1) is 13.5. The molecule has 140 valence electrons. The van der Waals surface area contributed by atoms with Gasteiger partial charge in [0, 0.05) is 23.5 Å². The summed E-state index contributed by atoms with van der Waals surface area (Å²) in [6.45, 7) is 4.19. The van der Waals surface area contributed by atoms with E-state index in [-0.39, 0.29) is 18.4 Å². The fourth-order valence-electron chi connectivity index (χ4n) is 3.75. The Balaban J connectivity index is 1.81. The zero-order valence-electron chi connectivity index (χ0n) is 15.9. The highest BCUT2D eigenvalue weighted by atomic mass is 16.2. The minimum atomic E-state index is -0.746. The summed E-state index contributed by atoms with van der Waals surface area (Å²) in [5, 5.41) is 2.96. The van der Waals surface area contributed by atoms with E-state index in [1.165, 1.54) is 0 Å². The molecule has 4 rings (SSSR count). The number of hydrogen-bond acceptors (Lipinski definition) is 2. The van der Waals surface area contributed by atoms with Crippen molar-refractivity contribution in [1.29, 1.82) is 0 Å². The van der Waals surface area contributed by atoms with Gasteiger partial charge in [-0.15, -0.1) is 0 Å². The van der Waals surface area contributed by atoms with Crippen molar-refractivity contribution < 1.29 is 14.2 Å². The summed E-state index contributed by atoms with van der Waals surface area (Å²) in [6.07, 6.45) is 1.84. The number of anilines is 2.